The average molecular weight is 268 g/mol. The second-order valence-electron chi connectivity index (χ2n) is 4.98. The first-order valence-electron chi connectivity index (χ1n) is 7.01. The van der Waals surface area contributed by atoms with E-state index < -0.39 is 0 Å². The predicted molar refractivity (Wildman–Crippen MR) is 81.0 cm³/mol. The van der Waals surface area contributed by atoms with Crippen LogP contribution in [0, 0.1) is 5.92 Å². The van der Waals surface area contributed by atoms with Gasteiger partial charge in [0.2, 0.25) is 0 Å². The molecule has 0 aliphatic heterocycles. The highest BCUT2D eigenvalue weighted by molar-refractivity contribution is 5.97. The molecule has 1 atom stereocenters. The Labute approximate surface area is 120 Å². The minimum atomic E-state index is 0.0550. The molecule has 2 aromatic carbocycles. The minimum absolute atomic E-state index is 0.0550. The fourth-order valence-corrected chi connectivity index (χ4v) is 1.95. The summed E-state index contributed by atoms with van der Waals surface area (Å²) in [6.07, 6.45) is 0.855. The molecule has 0 radical (unpaired) electrons. The molecule has 2 aromatic rings. The molecule has 0 amide bonds. The van der Waals surface area contributed by atoms with Crippen LogP contribution in [-0.4, -0.2) is 5.78 Å². The highest BCUT2D eigenvalue weighted by atomic mass is 16.5. The summed E-state index contributed by atoms with van der Waals surface area (Å²) in [5.74, 6) is 0.972. The quantitative estimate of drug-likeness (QED) is 0.721. The van der Waals surface area contributed by atoms with Gasteiger partial charge < -0.3 is 4.74 Å². The van der Waals surface area contributed by atoms with Gasteiger partial charge in [-0.3, -0.25) is 4.79 Å². The fourth-order valence-electron chi connectivity index (χ4n) is 1.95. The van der Waals surface area contributed by atoms with Gasteiger partial charge in [0, 0.05) is 11.5 Å². The fraction of sp³-hybridized carbons (Fsp3) is 0.278. The lowest BCUT2D eigenvalue weighted by molar-refractivity contribution is 0.0927. The summed E-state index contributed by atoms with van der Waals surface area (Å²) in [6, 6.07) is 17.4. The van der Waals surface area contributed by atoms with E-state index in [1.807, 2.05) is 68.4 Å². The SMILES string of the molecule is CCC(C)C(=O)c1cccc(OCc2ccccc2)c1. The highest BCUT2D eigenvalue weighted by Gasteiger charge is 2.13. The van der Waals surface area contributed by atoms with Gasteiger partial charge in [0.05, 0.1) is 0 Å². The largest absolute Gasteiger partial charge is 0.489 e. The van der Waals surface area contributed by atoms with Crippen molar-refractivity contribution in [3.05, 3.63) is 65.7 Å². The van der Waals surface area contributed by atoms with Crippen LogP contribution in [0.3, 0.4) is 0 Å². The van der Waals surface area contributed by atoms with Crippen molar-refractivity contribution in [1.82, 2.24) is 0 Å². The molecule has 20 heavy (non-hydrogen) atoms. The van der Waals surface area contributed by atoms with Gasteiger partial charge >= 0.3 is 0 Å². The Hall–Kier alpha value is -2.09. The van der Waals surface area contributed by atoms with Crippen molar-refractivity contribution in [2.45, 2.75) is 26.9 Å². The molecule has 0 saturated heterocycles. The van der Waals surface area contributed by atoms with Crippen molar-refractivity contribution in [2.75, 3.05) is 0 Å². The van der Waals surface area contributed by atoms with E-state index in [-0.39, 0.29) is 11.7 Å². The van der Waals surface area contributed by atoms with E-state index in [9.17, 15) is 4.79 Å². The van der Waals surface area contributed by atoms with Crippen LogP contribution in [0.4, 0.5) is 0 Å². The van der Waals surface area contributed by atoms with E-state index in [1.165, 1.54) is 0 Å². The monoisotopic (exact) mass is 268 g/mol. The number of hydrogen-bond donors (Lipinski definition) is 0. The zero-order chi connectivity index (χ0) is 14.4. The van der Waals surface area contributed by atoms with E-state index in [0.717, 1.165) is 23.3 Å². The van der Waals surface area contributed by atoms with E-state index in [4.69, 9.17) is 4.74 Å². The number of rotatable bonds is 6. The Kier molecular flexibility index (Phi) is 4.94. The number of carbonyl (C=O) groups excluding carboxylic acids is 1. The van der Waals surface area contributed by atoms with Crippen molar-refractivity contribution < 1.29 is 9.53 Å². The van der Waals surface area contributed by atoms with Crippen molar-refractivity contribution in [3.63, 3.8) is 0 Å². The highest BCUT2D eigenvalue weighted by Crippen LogP contribution is 2.18. The van der Waals surface area contributed by atoms with Gasteiger partial charge in [-0.25, -0.2) is 0 Å². The van der Waals surface area contributed by atoms with Crippen LogP contribution in [0.2, 0.25) is 0 Å². The van der Waals surface area contributed by atoms with Crippen molar-refractivity contribution in [1.29, 1.82) is 0 Å². The van der Waals surface area contributed by atoms with Crippen LogP contribution in [0.15, 0.2) is 54.6 Å². The third-order valence-corrected chi connectivity index (χ3v) is 3.43. The lowest BCUT2D eigenvalue weighted by atomic mass is 9.97. The van der Waals surface area contributed by atoms with Gasteiger partial charge in [-0.05, 0) is 24.1 Å². The van der Waals surface area contributed by atoms with Crippen molar-refractivity contribution >= 4 is 5.78 Å². The van der Waals surface area contributed by atoms with Gasteiger partial charge in [0.25, 0.3) is 0 Å². The predicted octanol–water partition coefficient (Wildman–Crippen LogP) is 4.49. The molecule has 2 heteroatoms. The number of hydrogen-bond acceptors (Lipinski definition) is 2. The molecule has 2 nitrogen and oxygen atoms in total. The van der Waals surface area contributed by atoms with Gasteiger partial charge in [0.1, 0.15) is 12.4 Å². The Morgan fingerprint density at radius 3 is 2.55 bits per heavy atom. The number of carbonyl (C=O) groups is 1. The zero-order valence-electron chi connectivity index (χ0n) is 12.0. The number of ketones is 1. The standard InChI is InChI=1S/C18H20O2/c1-3-14(2)18(19)16-10-7-11-17(12-16)20-13-15-8-5-4-6-9-15/h4-12,14H,3,13H2,1-2H3. The summed E-state index contributed by atoms with van der Waals surface area (Å²) < 4.78 is 5.74. The average Bonchev–Trinajstić information content (AvgIpc) is 2.52. The molecule has 0 aliphatic carbocycles. The van der Waals surface area contributed by atoms with E-state index in [2.05, 4.69) is 0 Å². The van der Waals surface area contributed by atoms with Gasteiger partial charge in [-0.15, -0.1) is 0 Å². The second-order valence-corrected chi connectivity index (χ2v) is 4.98. The first kappa shape index (κ1) is 14.3. The molecule has 0 aromatic heterocycles. The molecule has 1 unspecified atom stereocenters. The Morgan fingerprint density at radius 2 is 1.85 bits per heavy atom. The van der Waals surface area contributed by atoms with Gasteiger partial charge in [-0.2, -0.15) is 0 Å². The summed E-state index contributed by atoms with van der Waals surface area (Å²) in [5.41, 5.74) is 1.84. The molecule has 104 valence electrons. The van der Waals surface area contributed by atoms with Crippen molar-refractivity contribution in [2.24, 2.45) is 5.92 Å². The summed E-state index contributed by atoms with van der Waals surface area (Å²) >= 11 is 0. The molecule has 0 N–H and O–H groups in total. The van der Waals surface area contributed by atoms with E-state index in [1.54, 1.807) is 0 Å². The van der Waals surface area contributed by atoms with Crippen molar-refractivity contribution in [3.8, 4) is 5.75 Å². The summed E-state index contributed by atoms with van der Waals surface area (Å²) in [6.45, 7) is 4.50. The first-order chi connectivity index (χ1) is 9.70. The van der Waals surface area contributed by atoms with E-state index >= 15 is 0 Å². The molecule has 2 rings (SSSR count). The van der Waals surface area contributed by atoms with Crippen LogP contribution in [-0.2, 0) is 6.61 Å². The maximum Gasteiger partial charge on any atom is 0.165 e. The topological polar surface area (TPSA) is 26.3 Å². The molecule has 0 aliphatic rings. The van der Waals surface area contributed by atoms with Crippen LogP contribution in [0.25, 0.3) is 0 Å². The van der Waals surface area contributed by atoms with Gasteiger partial charge in [0.15, 0.2) is 5.78 Å². The molecule has 0 spiro atoms. The maximum atomic E-state index is 12.1. The number of ether oxygens (including phenoxy) is 1. The molecule has 0 heterocycles. The summed E-state index contributed by atoms with van der Waals surface area (Å²) in [5, 5.41) is 0. The summed E-state index contributed by atoms with van der Waals surface area (Å²) in [7, 11) is 0. The summed E-state index contributed by atoms with van der Waals surface area (Å²) in [4.78, 5) is 12.1. The molecule has 0 saturated carbocycles. The van der Waals surface area contributed by atoms with Crippen LogP contribution >= 0.6 is 0 Å². The Bertz CT molecular complexity index is 561. The normalized spacial score (nSPS) is 11.9. The number of Topliss-reactive ketones (excluding diaryl/α,β-unsaturated/α-hetero) is 1. The molecular formula is C18H20O2. The number of benzene rings is 2. The third-order valence-electron chi connectivity index (χ3n) is 3.43. The van der Waals surface area contributed by atoms with E-state index in [0.29, 0.717) is 6.61 Å². The smallest absolute Gasteiger partial charge is 0.165 e. The third kappa shape index (κ3) is 3.70. The molecular weight excluding hydrogens is 248 g/mol. The van der Waals surface area contributed by atoms with Gasteiger partial charge in [-0.1, -0.05) is 56.3 Å². The zero-order valence-corrected chi connectivity index (χ0v) is 12.0. The first-order valence-corrected chi connectivity index (χ1v) is 7.01. The van der Waals surface area contributed by atoms with Crippen LogP contribution < -0.4 is 4.74 Å². The minimum Gasteiger partial charge on any atom is -0.489 e. The Morgan fingerprint density at radius 1 is 1.10 bits per heavy atom. The lowest BCUT2D eigenvalue weighted by Crippen LogP contribution is -2.10. The molecule has 0 fully saturated rings. The van der Waals surface area contributed by atoms with Crippen LogP contribution in [0.5, 0.6) is 5.75 Å². The van der Waals surface area contributed by atoms with Crippen LogP contribution in [0.1, 0.15) is 36.2 Å². The molecule has 0 bridgehead atoms. The lowest BCUT2D eigenvalue weighted by Gasteiger charge is -2.10. The second kappa shape index (κ2) is 6.90. The Balaban J connectivity index is 2.05. The maximum absolute atomic E-state index is 12.1.